The first-order chi connectivity index (χ1) is 9.32. The lowest BCUT2D eigenvalue weighted by Crippen LogP contribution is -2.51. The van der Waals surface area contributed by atoms with Crippen LogP contribution in [0.25, 0.3) is 0 Å². The van der Waals surface area contributed by atoms with E-state index in [2.05, 4.69) is 39.1 Å². The molecule has 0 bridgehead atoms. The summed E-state index contributed by atoms with van der Waals surface area (Å²) in [5, 5.41) is 16.6. The second kappa shape index (κ2) is 4.05. The van der Waals surface area contributed by atoms with Crippen LogP contribution in [0.2, 0.25) is 0 Å². The van der Waals surface area contributed by atoms with Crippen molar-refractivity contribution >= 4 is 21.7 Å². The van der Waals surface area contributed by atoms with E-state index < -0.39 is 5.41 Å². The number of Topliss-reactive ketones (excluding diaryl/α,β-unsaturated/α-hetero) is 1. The van der Waals surface area contributed by atoms with Crippen molar-refractivity contribution < 1.29 is 4.79 Å². The topological polar surface area (TPSA) is 69.5 Å². The highest BCUT2D eigenvalue weighted by atomic mass is 79.9. The molecule has 2 atom stereocenters. The fraction of sp³-hybridized carbons (Fsp3) is 0.533. The monoisotopic (exact) mass is 333 g/mol. The molecule has 104 valence electrons. The van der Waals surface area contributed by atoms with Gasteiger partial charge in [-0.15, -0.1) is 0 Å². The second-order valence-electron chi connectivity index (χ2n) is 6.46. The molecule has 1 N–H and O–H groups in total. The predicted octanol–water partition coefficient (Wildman–Crippen LogP) is 3.05. The minimum Gasteiger partial charge on any atom is -0.293 e. The average Bonchev–Trinajstić information content (AvgIpc) is 2.77. The number of ketones is 1. The van der Waals surface area contributed by atoms with Crippen molar-refractivity contribution in [1.29, 1.82) is 5.26 Å². The van der Waals surface area contributed by atoms with E-state index in [9.17, 15) is 10.1 Å². The second-order valence-corrected chi connectivity index (χ2v) is 7.21. The van der Waals surface area contributed by atoms with Gasteiger partial charge in [0.25, 0.3) is 0 Å². The van der Waals surface area contributed by atoms with Crippen LogP contribution < -0.4 is 0 Å². The molecular formula is C15H16BrN3O. The molecule has 0 saturated heterocycles. The SMILES string of the molecule is CC1(C)C(=O)C(C#N)=CC2(C)c3[nH]nc(Br)c3CCC12. The molecule has 1 aromatic rings. The van der Waals surface area contributed by atoms with Gasteiger partial charge in [0, 0.05) is 22.1 Å². The third-order valence-electron chi connectivity index (χ3n) is 5.03. The van der Waals surface area contributed by atoms with E-state index in [1.54, 1.807) is 0 Å². The van der Waals surface area contributed by atoms with E-state index >= 15 is 0 Å². The Labute approximate surface area is 126 Å². The Hall–Kier alpha value is -1.41. The first-order valence-corrected chi connectivity index (χ1v) is 7.52. The minimum atomic E-state index is -0.524. The standard InChI is InChI=1S/C15H16BrN3O/c1-14(2)10-5-4-9-11(18-19-13(9)16)15(10,3)6-8(7-17)12(14)20/h6,10H,4-5H2,1-3H3,(H,18,19). The van der Waals surface area contributed by atoms with Gasteiger partial charge in [-0.25, -0.2) is 0 Å². The Bertz CT molecular complexity index is 680. The lowest BCUT2D eigenvalue weighted by atomic mass is 9.52. The van der Waals surface area contributed by atoms with Crippen molar-refractivity contribution in [3.63, 3.8) is 0 Å². The molecule has 0 spiro atoms. The van der Waals surface area contributed by atoms with E-state index in [-0.39, 0.29) is 22.7 Å². The molecule has 1 heterocycles. The van der Waals surface area contributed by atoms with Crippen molar-refractivity contribution in [2.45, 2.75) is 39.0 Å². The molecule has 3 rings (SSSR count). The van der Waals surface area contributed by atoms with E-state index in [4.69, 9.17) is 0 Å². The Morgan fingerprint density at radius 1 is 1.50 bits per heavy atom. The summed E-state index contributed by atoms with van der Waals surface area (Å²) >= 11 is 3.47. The Morgan fingerprint density at radius 2 is 2.20 bits per heavy atom. The van der Waals surface area contributed by atoms with E-state index in [0.29, 0.717) is 0 Å². The molecule has 0 amide bonds. The molecule has 2 aliphatic carbocycles. The van der Waals surface area contributed by atoms with Crippen LogP contribution in [-0.4, -0.2) is 16.0 Å². The quantitative estimate of drug-likeness (QED) is 0.793. The molecule has 20 heavy (non-hydrogen) atoms. The summed E-state index contributed by atoms with van der Waals surface area (Å²) < 4.78 is 0.841. The highest BCUT2D eigenvalue weighted by Crippen LogP contribution is 2.54. The number of allylic oxidation sites excluding steroid dienone is 2. The van der Waals surface area contributed by atoms with Gasteiger partial charge in [-0.2, -0.15) is 10.4 Å². The van der Waals surface area contributed by atoms with Crippen LogP contribution in [0.1, 0.15) is 38.4 Å². The zero-order valence-electron chi connectivity index (χ0n) is 11.7. The number of hydrogen-bond donors (Lipinski definition) is 1. The largest absolute Gasteiger partial charge is 0.293 e. The molecular weight excluding hydrogens is 318 g/mol. The van der Waals surface area contributed by atoms with Gasteiger partial charge in [-0.05, 0) is 34.7 Å². The molecule has 0 aromatic carbocycles. The molecule has 1 aromatic heterocycles. The van der Waals surface area contributed by atoms with Gasteiger partial charge in [0.1, 0.15) is 10.7 Å². The number of rotatable bonds is 0. The third-order valence-corrected chi connectivity index (χ3v) is 5.68. The molecule has 2 aliphatic rings. The molecule has 2 unspecified atom stereocenters. The number of hydrogen-bond acceptors (Lipinski definition) is 3. The Morgan fingerprint density at radius 3 is 2.85 bits per heavy atom. The van der Waals surface area contributed by atoms with Crippen LogP contribution >= 0.6 is 15.9 Å². The molecule has 0 radical (unpaired) electrons. The number of halogens is 1. The zero-order valence-corrected chi connectivity index (χ0v) is 13.3. The van der Waals surface area contributed by atoms with Crippen molar-refractivity contribution in [1.82, 2.24) is 10.2 Å². The van der Waals surface area contributed by atoms with Gasteiger partial charge >= 0.3 is 0 Å². The van der Waals surface area contributed by atoms with Gasteiger partial charge in [0.15, 0.2) is 5.78 Å². The number of nitriles is 1. The van der Waals surface area contributed by atoms with Crippen LogP contribution in [0.3, 0.4) is 0 Å². The van der Waals surface area contributed by atoms with Crippen LogP contribution in [0, 0.1) is 22.7 Å². The van der Waals surface area contributed by atoms with Gasteiger partial charge in [0.2, 0.25) is 0 Å². The number of fused-ring (bicyclic) bond motifs is 3. The van der Waals surface area contributed by atoms with E-state index in [1.165, 1.54) is 5.56 Å². The van der Waals surface area contributed by atoms with Crippen LogP contribution in [0.5, 0.6) is 0 Å². The first-order valence-electron chi connectivity index (χ1n) is 6.73. The number of carbonyl (C=O) groups is 1. The van der Waals surface area contributed by atoms with Crippen molar-refractivity contribution in [3.8, 4) is 6.07 Å². The maximum Gasteiger partial charge on any atom is 0.178 e. The number of carbonyl (C=O) groups excluding carboxylic acids is 1. The van der Waals surface area contributed by atoms with E-state index in [0.717, 1.165) is 23.1 Å². The van der Waals surface area contributed by atoms with Crippen LogP contribution in [0.4, 0.5) is 0 Å². The third kappa shape index (κ3) is 1.51. The van der Waals surface area contributed by atoms with E-state index in [1.807, 2.05) is 19.9 Å². The van der Waals surface area contributed by atoms with Crippen LogP contribution in [-0.2, 0) is 16.6 Å². The van der Waals surface area contributed by atoms with Crippen molar-refractivity contribution in [3.05, 3.63) is 27.5 Å². The maximum atomic E-state index is 12.5. The highest BCUT2D eigenvalue weighted by Gasteiger charge is 2.54. The normalized spacial score (nSPS) is 31.1. The van der Waals surface area contributed by atoms with Gasteiger partial charge in [0.05, 0.1) is 5.57 Å². The Kier molecular flexibility index (Phi) is 2.74. The van der Waals surface area contributed by atoms with Crippen molar-refractivity contribution in [2.24, 2.45) is 11.3 Å². The number of nitrogens with zero attached hydrogens (tertiary/aromatic N) is 2. The predicted molar refractivity (Wildman–Crippen MR) is 77.9 cm³/mol. The summed E-state index contributed by atoms with van der Waals surface area (Å²) in [6.45, 7) is 6.02. The number of aromatic nitrogens is 2. The van der Waals surface area contributed by atoms with Gasteiger partial charge in [-0.1, -0.05) is 26.8 Å². The summed E-state index contributed by atoms with van der Waals surface area (Å²) in [6.07, 6.45) is 3.67. The van der Waals surface area contributed by atoms with Gasteiger partial charge in [-0.3, -0.25) is 9.89 Å². The number of H-pyrrole nitrogens is 1. The molecule has 0 saturated carbocycles. The summed E-state index contributed by atoms with van der Waals surface area (Å²) in [4.78, 5) is 12.5. The number of aromatic amines is 1. The lowest BCUT2D eigenvalue weighted by molar-refractivity contribution is -0.128. The zero-order chi connectivity index (χ0) is 14.7. The molecule has 5 heteroatoms. The lowest BCUT2D eigenvalue weighted by Gasteiger charge is -2.49. The first kappa shape index (κ1) is 13.6. The van der Waals surface area contributed by atoms with Crippen molar-refractivity contribution in [2.75, 3.05) is 0 Å². The van der Waals surface area contributed by atoms with Gasteiger partial charge < -0.3 is 0 Å². The summed E-state index contributed by atoms with van der Waals surface area (Å²) in [7, 11) is 0. The molecule has 0 fully saturated rings. The highest BCUT2D eigenvalue weighted by molar-refractivity contribution is 9.10. The summed E-state index contributed by atoms with van der Waals surface area (Å²) in [6, 6.07) is 2.07. The average molecular weight is 334 g/mol. The Balaban J connectivity index is 2.28. The maximum absolute atomic E-state index is 12.5. The fourth-order valence-corrected chi connectivity index (χ4v) is 4.50. The molecule has 4 nitrogen and oxygen atoms in total. The van der Waals surface area contributed by atoms with Crippen LogP contribution in [0.15, 0.2) is 16.3 Å². The fourth-order valence-electron chi connectivity index (χ4n) is 4.02. The minimum absolute atomic E-state index is 0.0375. The molecule has 0 aliphatic heterocycles. The summed E-state index contributed by atoms with van der Waals surface area (Å²) in [5.41, 5.74) is 1.61. The smallest absolute Gasteiger partial charge is 0.178 e. The summed E-state index contributed by atoms with van der Waals surface area (Å²) in [5.74, 6) is 0.143. The number of nitrogens with one attached hydrogen (secondary N) is 1.